The van der Waals surface area contributed by atoms with Crippen molar-refractivity contribution in [1.82, 2.24) is 19.7 Å². The molecule has 2 aromatic heterocycles. The lowest BCUT2D eigenvalue weighted by molar-refractivity contribution is 0.582. The van der Waals surface area contributed by atoms with Crippen molar-refractivity contribution in [3.05, 3.63) is 29.7 Å². The van der Waals surface area contributed by atoms with Gasteiger partial charge in [-0.15, -0.1) is 0 Å². The third-order valence-corrected chi connectivity index (χ3v) is 4.15. The van der Waals surface area contributed by atoms with E-state index in [9.17, 15) is 0 Å². The van der Waals surface area contributed by atoms with Crippen LogP contribution in [0.1, 0.15) is 25.2 Å². The van der Waals surface area contributed by atoms with Gasteiger partial charge in [-0.05, 0) is 41.8 Å². The Morgan fingerprint density at radius 1 is 1.44 bits per heavy atom. The minimum absolute atomic E-state index is 0.465. The lowest BCUT2D eigenvalue weighted by atomic mass is 10.2. The van der Waals surface area contributed by atoms with Crippen molar-refractivity contribution < 1.29 is 0 Å². The van der Waals surface area contributed by atoms with Crippen LogP contribution >= 0.6 is 23.3 Å². The Morgan fingerprint density at radius 3 is 2.94 bits per heavy atom. The lowest BCUT2D eigenvalue weighted by Crippen LogP contribution is -2.22. The van der Waals surface area contributed by atoms with Gasteiger partial charge in [0.2, 0.25) is 0 Å². The van der Waals surface area contributed by atoms with Crippen molar-refractivity contribution in [2.45, 2.75) is 42.7 Å². The molecule has 0 radical (unpaired) electrons. The highest BCUT2D eigenvalue weighted by Gasteiger charge is 2.09. The van der Waals surface area contributed by atoms with Gasteiger partial charge in [0.05, 0.1) is 0 Å². The van der Waals surface area contributed by atoms with Gasteiger partial charge in [-0.25, -0.2) is 9.97 Å². The molecule has 2 heterocycles. The van der Waals surface area contributed by atoms with Gasteiger partial charge < -0.3 is 5.32 Å². The molecule has 0 amide bonds. The van der Waals surface area contributed by atoms with Crippen molar-refractivity contribution in [3.8, 4) is 0 Å². The minimum atomic E-state index is 0.465. The predicted octanol–water partition coefficient (Wildman–Crippen LogP) is 2.89. The van der Waals surface area contributed by atoms with Gasteiger partial charge in [0.25, 0.3) is 0 Å². The van der Waals surface area contributed by atoms with E-state index in [1.165, 1.54) is 17.1 Å². The molecule has 0 aliphatic rings. The summed E-state index contributed by atoms with van der Waals surface area (Å²) < 4.78 is 5.12. The average molecular weight is 280 g/mol. The fourth-order valence-corrected chi connectivity index (χ4v) is 3.02. The second-order valence-corrected chi connectivity index (χ2v) is 6.20. The number of nitrogens with zero attached hydrogens (tertiary/aromatic N) is 3. The zero-order chi connectivity index (χ0) is 13.0. The van der Waals surface area contributed by atoms with Gasteiger partial charge in [0.15, 0.2) is 4.34 Å². The normalized spacial score (nSPS) is 11.1. The van der Waals surface area contributed by atoms with E-state index >= 15 is 0 Å². The molecule has 2 aromatic rings. The quantitative estimate of drug-likeness (QED) is 0.912. The maximum Gasteiger partial charge on any atom is 0.176 e. The molecule has 0 aromatic carbocycles. The molecular weight excluding hydrogens is 264 g/mol. The van der Waals surface area contributed by atoms with Crippen LogP contribution in [0.15, 0.2) is 27.7 Å². The molecule has 0 saturated heterocycles. The summed E-state index contributed by atoms with van der Waals surface area (Å²) in [7, 11) is 0. The van der Waals surface area contributed by atoms with Crippen LogP contribution in [0.5, 0.6) is 0 Å². The van der Waals surface area contributed by atoms with Gasteiger partial charge in [0.1, 0.15) is 10.9 Å². The number of hydrogen-bond donors (Lipinski definition) is 1. The third kappa shape index (κ3) is 3.76. The van der Waals surface area contributed by atoms with Gasteiger partial charge in [-0.1, -0.05) is 19.9 Å². The summed E-state index contributed by atoms with van der Waals surface area (Å²) >= 11 is 3.00. The van der Waals surface area contributed by atoms with Crippen LogP contribution in [0.2, 0.25) is 0 Å². The SMILES string of the molecule is Cc1nsc(Sc2ncccc2CNC(C)C)n1. The maximum atomic E-state index is 4.42. The summed E-state index contributed by atoms with van der Waals surface area (Å²) in [6, 6.07) is 4.53. The fraction of sp³-hybridized carbons (Fsp3) is 0.417. The van der Waals surface area contributed by atoms with Crippen LogP contribution in [0.4, 0.5) is 0 Å². The van der Waals surface area contributed by atoms with Gasteiger partial charge in [-0.3, -0.25) is 0 Å². The molecule has 4 nitrogen and oxygen atoms in total. The Bertz CT molecular complexity index is 510. The predicted molar refractivity (Wildman–Crippen MR) is 75.0 cm³/mol. The molecule has 96 valence electrons. The van der Waals surface area contributed by atoms with Crippen LogP contribution in [0.25, 0.3) is 0 Å². The summed E-state index contributed by atoms with van der Waals surface area (Å²) in [6.45, 7) is 7.00. The highest BCUT2D eigenvalue weighted by molar-refractivity contribution is 8.00. The molecular formula is C12H16N4S2. The first-order valence-electron chi connectivity index (χ1n) is 5.80. The number of hydrogen-bond acceptors (Lipinski definition) is 6. The highest BCUT2D eigenvalue weighted by Crippen LogP contribution is 2.29. The number of rotatable bonds is 5. The molecule has 6 heteroatoms. The van der Waals surface area contributed by atoms with Crippen molar-refractivity contribution in [2.75, 3.05) is 0 Å². The number of pyridine rings is 1. The number of aromatic nitrogens is 3. The largest absolute Gasteiger partial charge is 0.310 e. The Labute approximate surface area is 115 Å². The molecule has 0 spiro atoms. The monoisotopic (exact) mass is 280 g/mol. The fourth-order valence-electron chi connectivity index (χ4n) is 1.37. The molecule has 1 N–H and O–H groups in total. The molecule has 0 saturated carbocycles. The highest BCUT2D eigenvalue weighted by atomic mass is 32.2. The molecule has 0 fully saturated rings. The molecule has 0 aliphatic heterocycles. The molecule has 0 aliphatic carbocycles. The van der Waals surface area contributed by atoms with Crippen LogP contribution in [0.3, 0.4) is 0 Å². The first-order valence-corrected chi connectivity index (χ1v) is 7.39. The van der Waals surface area contributed by atoms with E-state index in [2.05, 4.69) is 39.6 Å². The maximum absolute atomic E-state index is 4.42. The Morgan fingerprint density at radius 2 is 2.28 bits per heavy atom. The van der Waals surface area contributed by atoms with Crippen molar-refractivity contribution in [2.24, 2.45) is 0 Å². The van der Waals surface area contributed by atoms with Crippen LogP contribution in [0, 0.1) is 6.92 Å². The van der Waals surface area contributed by atoms with Gasteiger partial charge in [0, 0.05) is 18.8 Å². The molecule has 2 rings (SSSR count). The first kappa shape index (κ1) is 13.5. The summed E-state index contributed by atoms with van der Waals surface area (Å²) in [5.74, 6) is 0.820. The standard InChI is InChI=1S/C12H16N4S2/c1-8(2)14-7-10-5-4-6-13-11(10)17-12-15-9(3)16-18-12/h4-6,8,14H,7H2,1-3H3. The summed E-state index contributed by atoms with van der Waals surface area (Å²) in [5, 5.41) is 4.41. The first-order chi connectivity index (χ1) is 8.65. The molecule has 18 heavy (non-hydrogen) atoms. The van der Waals surface area contributed by atoms with Crippen molar-refractivity contribution >= 4 is 23.3 Å². The van der Waals surface area contributed by atoms with Gasteiger partial charge >= 0.3 is 0 Å². The van der Waals surface area contributed by atoms with Crippen molar-refractivity contribution in [3.63, 3.8) is 0 Å². The Kier molecular flexibility index (Phi) is 4.68. The third-order valence-electron chi connectivity index (χ3n) is 2.24. The Balaban J connectivity index is 2.11. The second-order valence-electron chi connectivity index (χ2n) is 4.21. The second kappa shape index (κ2) is 6.26. The van der Waals surface area contributed by atoms with E-state index < -0.39 is 0 Å². The number of nitrogens with one attached hydrogen (secondary N) is 1. The Hall–Kier alpha value is -0.980. The van der Waals surface area contributed by atoms with Crippen LogP contribution in [-0.2, 0) is 6.54 Å². The number of aryl methyl sites for hydroxylation is 1. The van der Waals surface area contributed by atoms with E-state index in [0.717, 1.165) is 21.7 Å². The molecule has 0 bridgehead atoms. The smallest absolute Gasteiger partial charge is 0.176 e. The summed E-state index contributed by atoms with van der Waals surface area (Å²) in [4.78, 5) is 8.78. The topological polar surface area (TPSA) is 50.7 Å². The van der Waals surface area contributed by atoms with Crippen molar-refractivity contribution in [1.29, 1.82) is 0 Å². The van der Waals surface area contributed by atoms with Crippen LogP contribution in [-0.4, -0.2) is 20.4 Å². The van der Waals surface area contributed by atoms with E-state index in [-0.39, 0.29) is 0 Å². The summed E-state index contributed by atoms with van der Waals surface area (Å²) in [5.41, 5.74) is 1.20. The van der Waals surface area contributed by atoms with E-state index in [4.69, 9.17) is 0 Å². The average Bonchev–Trinajstić information content (AvgIpc) is 2.73. The molecule has 0 atom stereocenters. The molecule has 0 unspecified atom stereocenters. The zero-order valence-electron chi connectivity index (χ0n) is 10.7. The lowest BCUT2D eigenvalue weighted by Gasteiger charge is -2.10. The van der Waals surface area contributed by atoms with E-state index in [0.29, 0.717) is 6.04 Å². The van der Waals surface area contributed by atoms with Crippen LogP contribution < -0.4 is 5.32 Å². The van der Waals surface area contributed by atoms with Gasteiger partial charge in [-0.2, -0.15) is 4.37 Å². The van der Waals surface area contributed by atoms with E-state index in [1.807, 2.05) is 19.2 Å². The zero-order valence-corrected chi connectivity index (χ0v) is 12.3. The minimum Gasteiger partial charge on any atom is -0.310 e. The summed E-state index contributed by atoms with van der Waals surface area (Å²) in [6.07, 6.45) is 1.81. The van der Waals surface area contributed by atoms with E-state index in [1.54, 1.807) is 11.8 Å².